The van der Waals surface area contributed by atoms with E-state index >= 15 is 0 Å². The summed E-state index contributed by atoms with van der Waals surface area (Å²) in [6.07, 6.45) is 3.39. The first-order valence-corrected chi connectivity index (χ1v) is 8.32. The number of ether oxygens (including phenoxy) is 2. The van der Waals surface area contributed by atoms with Gasteiger partial charge in [0.1, 0.15) is 0 Å². The van der Waals surface area contributed by atoms with Gasteiger partial charge in [-0.05, 0) is 46.1 Å². The molecule has 4 heteroatoms. The van der Waals surface area contributed by atoms with Gasteiger partial charge in [0, 0.05) is 13.0 Å². The summed E-state index contributed by atoms with van der Waals surface area (Å²) in [5, 5.41) is 3.54. The van der Waals surface area contributed by atoms with Crippen molar-refractivity contribution in [2.45, 2.75) is 39.7 Å². The molecule has 0 atom stereocenters. The van der Waals surface area contributed by atoms with Crippen molar-refractivity contribution in [1.29, 1.82) is 0 Å². The number of fused-ring (bicyclic) bond motifs is 1. The second-order valence-corrected chi connectivity index (χ2v) is 6.12. The van der Waals surface area contributed by atoms with Crippen LogP contribution in [0.2, 0.25) is 0 Å². The van der Waals surface area contributed by atoms with Crippen molar-refractivity contribution in [1.82, 2.24) is 5.32 Å². The molecule has 1 aromatic carbocycles. The van der Waals surface area contributed by atoms with Gasteiger partial charge in [0.15, 0.2) is 11.5 Å². The summed E-state index contributed by atoms with van der Waals surface area (Å²) in [5.74, 6) is 2.46. The molecule has 2 rings (SSSR count). The monoisotopic (exact) mass is 341 g/mol. The maximum absolute atomic E-state index is 5.76. The van der Waals surface area contributed by atoms with Gasteiger partial charge in [0.2, 0.25) is 0 Å². The first kappa shape index (κ1) is 15.6. The zero-order valence-electron chi connectivity index (χ0n) is 12.4. The number of rotatable bonds is 6. The third-order valence-electron chi connectivity index (χ3n) is 3.78. The van der Waals surface area contributed by atoms with Crippen LogP contribution in [0.5, 0.6) is 11.5 Å². The molecule has 0 radical (unpaired) electrons. The van der Waals surface area contributed by atoms with Crippen LogP contribution in [0, 0.1) is 5.92 Å². The Kier molecular flexibility index (Phi) is 6.17. The fourth-order valence-electron chi connectivity index (χ4n) is 2.38. The molecule has 1 aliphatic rings. The standard InChI is InChI=1S/C16H24BrNO2/c1-3-12(4-2)10-18-11-13-8-14(17)16-15(9-13)19-6-5-7-20-16/h8-9,12,18H,3-7,10-11H2,1-2H3. The summed E-state index contributed by atoms with van der Waals surface area (Å²) >= 11 is 3.58. The van der Waals surface area contributed by atoms with Crippen LogP contribution in [0.3, 0.4) is 0 Å². The largest absolute Gasteiger partial charge is 0.490 e. The Morgan fingerprint density at radius 1 is 1.20 bits per heavy atom. The summed E-state index contributed by atoms with van der Waals surface area (Å²) in [6.45, 7) is 7.88. The first-order chi connectivity index (χ1) is 9.74. The minimum Gasteiger partial charge on any atom is -0.490 e. The maximum atomic E-state index is 5.76. The average Bonchev–Trinajstić information content (AvgIpc) is 2.69. The van der Waals surface area contributed by atoms with Gasteiger partial charge in [-0.3, -0.25) is 0 Å². The fraction of sp³-hybridized carbons (Fsp3) is 0.625. The van der Waals surface area contributed by atoms with E-state index in [1.165, 1.54) is 18.4 Å². The molecule has 0 bridgehead atoms. The second-order valence-electron chi connectivity index (χ2n) is 5.27. The molecule has 1 aromatic rings. The maximum Gasteiger partial charge on any atom is 0.175 e. The van der Waals surface area contributed by atoms with Gasteiger partial charge >= 0.3 is 0 Å². The van der Waals surface area contributed by atoms with Crippen LogP contribution < -0.4 is 14.8 Å². The molecule has 0 saturated carbocycles. The molecule has 0 amide bonds. The highest BCUT2D eigenvalue weighted by atomic mass is 79.9. The van der Waals surface area contributed by atoms with Crippen LogP contribution in [-0.4, -0.2) is 19.8 Å². The Labute approximate surface area is 130 Å². The summed E-state index contributed by atoms with van der Waals surface area (Å²) in [5.41, 5.74) is 1.23. The van der Waals surface area contributed by atoms with E-state index < -0.39 is 0 Å². The van der Waals surface area contributed by atoms with Gasteiger partial charge in [0.25, 0.3) is 0 Å². The van der Waals surface area contributed by atoms with E-state index in [4.69, 9.17) is 9.47 Å². The fourth-order valence-corrected chi connectivity index (χ4v) is 2.99. The molecule has 1 aliphatic heterocycles. The third kappa shape index (κ3) is 4.13. The van der Waals surface area contributed by atoms with Crippen molar-refractivity contribution in [2.24, 2.45) is 5.92 Å². The lowest BCUT2D eigenvalue weighted by Gasteiger charge is -2.15. The van der Waals surface area contributed by atoms with Gasteiger partial charge in [-0.25, -0.2) is 0 Å². The average molecular weight is 342 g/mol. The molecule has 0 spiro atoms. The van der Waals surface area contributed by atoms with E-state index in [9.17, 15) is 0 Å². The van der Waals surface area contributed by atoms with E-state index in [2.05, 4.69) is 47.2 Å². The highest BCUT2D eigenvalue weighted by molar-refractivity contribution is 9.10. The van der Waals surface area contributed by atoms with Gasteiger partial charge in [0.05, 0.1) is 17.7 Å². The van der Waals surface area contributed by atoms with Crippen LogP contribution >= 0.6 is 15.9 Å². The minimum absolute atomic E-state index is 0.720. The molecule has 1 N–H and O–H groups in total. The number of halogens is 1. The Morgan fingerprint density at radius 2 is 1.95 bits per heavy atom. The number of hydrogen-bond acceptors (Lipinski definition) is 3. The van der Waals surface area contributed by atoms with E-state index in [1.54, 1.807) is 0 Å². The summed E-state index contributed by atoms with van der Waals surface area (Å²) in [6, 6.07) is 4.21. The van der Waals surface area contributed by atoms with Gasteiger partial charge in [-0.1, -0.05) is 26.7 Å². The molecule has 112 valence electrons. The van der Waals surface area contributed by atoms with Crippen molar-refractivity contribution in [2.75, 3.05) is 19.8 Å². The van der Waals surface area contributed by atoms with E-state index in [0.29, 0.717) is 0 Å². The van der Waals surface area contributed by atoms with Crippen LogP contribution in [0.15, 0.2) is 16.6 Å². The zero-order valence-corrected chi connectivity index (χ0v) is 14.0. The lowest BCUT2D eigenvalue weighted by atomic mass is 10.0. The quantitative estimate of drug-likeness (QED) is 0.843. The molecule has 0 aliphatic carbocycles. The first-order valence-electron chi connectivity index (χ1n) is 7.53. The van der Waals surface area contributed by atoms with Gasteiger partial charge < -0.3 is 14.8 Å². The van der Waals surface area contributed by atoms with Crippen molar-refractivity contribution in [3.05, 3.63) is 22.2 Å². The molecule has 3 nitrogen and oxygen atoms in total. The van der Waals surface area contributed by atoms with E-state index in [0.717, 1.165) is 54.6 Å². The van der Waals surface area contributed by atoms with Gasteiger partial charge in [-0.15, -0.1) is 0 Å². The number of nitrogens with one attached hydrogen (secondary N) is 1. The Balaban J connectivity index is 1.99. The number of benzene rings is 1. The van der Waals surface area contributed by atoms with Crippen LogP contribution in [0.1, 0.15) is 38.7 Å². The van der Waals surface area contributed by atoms with Crippen molar-refractivity contribution >= 4 is 15.9 Å². The molecule has 0 unspecified atom stereocenters. The lowest BCUT2D eigenvalue weighted by molar-refractivity contribution is 0.296. The molecule has 0 aromatic heterocycles. The molecule has 20 heavy (non-hydrogen) atoms. The molecular weight excluding hydrogens is 318 g/mol. The summed E-state index contributed by atoms with van der Waals surface area (Å²) in [7, 11) is 0. The van der Waals surface area contributed by atoms with E-state index in [-0.39, 0.29) is 0 Å². The van der Waals surface area contributed by atoms with Crippen LogP contribution in [-0.2, 0) is 6.54 Å². The van der Waals surface area contributed by atoms with Crippen molar-refractivity contribution in [3.8, 4) is 11.5 Å². The SMILES string of the molecule is CCC(CC)CNCc1cc(Br)c2c(c1)OCCCO2. The molecule has 1 heterocycles. The predicted molar refractivity (Wildman–Crippen MR) is 85.5 cm³/mol. The number of hydrogen-bond donors (Lipinski definition) is 1. The second kappa shape index (κ2) is 7.89. The van der Waals surface area contributed by atoms with Crippen LogP contribution in [0.25, 0.3) is 0 Å². The topological polar surface area (TPSA) is 30.5 Å². The predicted octanol–water partition coefficient (Wildman–Crippen LogP) is 4.14. The normalized spacial score (nSPS) is 14.4. The Morgan fingerprint density at radius 3 is 2.70 bits per heavy atom. The molecule has 0 saturated heterocycles. The molecule has 0 fully saturated rings. The summed E-state index contributed by atoms with van der Waals surface area (Å²) < 4.78 is 12.5. The van der Waals surface area contributed by atoms with Crippen molar-refractivity contribution in [3.63, 3.8) is 0 Å². The highest BCUT2D eigenvalue weighted by Gasteiger charge is 2.15. The van der Waals surface area contributed by atoms with Crippen LogP contribution in [0.4, 0.5) is 0 Å². The van der Waals surface area contributed by atoms with E-state index in [1.807, 2.05) is 0 Å². The Hall–Kier alpha value is -0.740. The minimum atomic E-state index is 0.720. The third-order valence-corrected chi connectivity index (χ3v) is 4.37. The summed E-state index contributed by atoms with van der Waals surface area (Å²) in [4.78, 5) is 0. The Bertz CT molecular complexity index is 433. The zero-order chi connectivity index (χ0) is 14.4. The lowest BCUT2D eigenvalue weighted by Crippen LogP contribution is -2.21. The molecular formula is C16H24BrNO2. The van der Waals surface area contributed by atoms with Crippen molar-refractivity contribution < 1.29 is 9.47 Å². The highest BCUT2D eigenvalue weighted by Crippen LogP contribution is 2.38. The van der Waals surface area contributed by atoms with Gasteiger partial charge in [-0.2, -0.15) is 0 Å². The smallest absolute Gasteiger partial charge is 0.175 e.